The van der Waals surface area contributed by atoms with Gasteiger partial charge in [0.15, 0.2) is 0 Å². The lowest BCUT2D eigenvalue weighted by molar-refractivity contribution is -0.120. The third kappa shape index (κ3) is 5.07. The van der Waals surface area contributed by atoms with Crippen LogP contribution < -0.4 is 20.3 Å². The summed E-state index contributed by atoms with van der Waals surface area (Å²) in [6, 6.07) is 13.8. The molecule has 7 nitrogen and oxygen atoms in total. The van der Waals surface area contributed by atoms with Crippen molar-refractivity contribution >= 4 is 34.8 Å². The molecule has 2 N–H and O–H groups in total. The Labute approximate surface area is 152 Å². The molecule has 136 valence electrons. The van der Waals surface area contributed by atoms with E-state index in [1.165, 1.54) is 25.9 Å². The predicted octanol–water partition coefficient (Wildman–Crippen LogP) is 2.65. The smallest absolute Gasteiger partial charge is 0.244 e. The number of amides is 3. The quantitative estimate of drug-likeness (QED) is 0.834. The molecule has 7 heteroatoms. The molecule has 0 saturated carbocycles. The van der Waals surface area contributed by atoms with Gasteiger partial charge in [-0.25, -0.2) is 0 Å². The topological polar surface area (TPSA) is 87.7 Å². The van der Waals surface area contributed by atoms with Gasteiger partial charge in [-0.3, -0.25) is 14.4 Å². The van der Waals surface area contributed by atoms with E-state index in [1.54, 1.807) is 48.5 Å². The first-order valence-corrected chi connectivity index (χ1v) is 7.99. The van der Waals surface area contributed by atoms with Crippen molar-refractivity contribution in [3.05, 3.63) is 48.5 Å². The van der Waals surface area contributed by atoms with Crippen molar-refractivity contribution < 1.29 is 19.1 Å². The van der Waals surface area contributed by atoms with Crippen molar-refractivity contribution in [3.8, 4) is 5.75 Å². The number of methoxy groups -OCH3 is 1. The molecule has 0 radical (unpaired) electrons. The standard InChI is InChI=1S/C19H21N3O4/c1-13(23)20-15-7-6-8-16(11-15)22(14(2)24)12-19(25)21-17-9-4-5-10-18(17)26-3/h4-11H,12H2,1-3H3,(H,20,23)(H,21,25). The maximum atomic E-state index is 12.4. The van der Waals surface area contributed by atoms with Crippen LogP contribution in [0.25, 0.3) is 0 Å². The van der Waals surface area contributed by atoms with Crippen LogP contribution in [-0.2, 0) is 14.4 Å². The fraction of sp³-hybridized carbons (Fsp3) is 0.211. The summed E-state index contributed by atoms with van der Waals surface area (Å²) in [4.78, 5) is 37.0. The molecule has 0 aromatic heterocycles. The zero-order valence-corrected chi connectivity index (χ0v) is 14.9. The van der Waals surface area contributed by atoms with Crippen molar-refractivity contribution in [1.82, 2.24) is 0 Å². The number of hydrogen-bond acceptors (Lipinski definition) is 4. The first-order chi connectivity index (χ1) is 12.4. The highest BCUT2D eigenvalue weighted by molar-refractivity contribution is 6.02. The largest absolute Gasteiger partial charge is 0.495 e. The molecule has 0 spiro atoms. The number of rotatable bonds is 6. The molecule has 0 saturated heterocycles. The molecule has 0 heterocycles. The molecule has 0 aliphatic heterocycles. The molecule has 0 atom stereocenters. The van der Waals surface area contributed by atoms with Gasteiger partial charge in [0.2, 0.25) is 17.7 Å². The van der Waals surface area contributed by atoms with E-state index in [9.17, 15) is 14.4 Å². The van der Waals surface area contributed by atoms with Crippen LogP contribution in [0.4, 0.5) is 17.1 Å². The van der Waals surface area contributed by atoms with Crippen LogP contribution in [0.5, 0.6) is 5.75 Å². The Morgan fingerprint density at radius 2 is 1.73 bits per heavy atom. The monoisotopic (exact) mass is 355 g/mol. The van der Waals surface area contributed by atoms with E-state index in [0.29, 0.717) is 22.8 Å². The summed E-state index contributed by atoms with van der Waals surface area (Å²) in [5.41, 5.74) is 1.58. The average molecular weight is 355 g/mol. The number of ether oxygens (including phenoxy) is 1. The molecule has 0 bridgehead atoms. The summed E-state index contributed by atoms with van der Waals surface area (Å²) >= 11 is 0. The highest BCUT2D eigenvalue weighted by Crippen LogP contribution is 2.24. The van der Waals surface area contributed by atoms with Gasteiger partial charge in [0.1, 0.15) is 12.3 Å². The molecule has 2 aromatic carbocycles. The molecule has 3 amide bonds. The number of anilines is 3. The van der Waals surface area contributed by atoms with Crippen molar-refractivity contribution in [2.45, 2.75) is 13.8 Å². The number of carbonyl (C=O) groups excluding carboxylic acids is 3. The Balaban J connectivity index is 2.16. The van der Waals surface area contributed by atoms with Gasteiger partial charge in [-0.05, 0) is 30.3 Å². The zero-order chi connectivity index (χ0) is 19.1. The van der Waals surface area contributed by atoms with Crippen molar-refractivity contribution in [3.63, 3.8) is 0 Å². The van der Waals surface area contributed by atoms with Crippen LogP contribution in [-0.4, -0.2) is 31.4 Å². The number of carbonyl (C=O) groups is 3. The van der Waals surface area contributed by atoms with Gasteiger partial charge in [0.25, 0.3) is 0 Å². The lowest BCUT2D eigenvalue weighted by atomic mass is 10.2. The van der Waals surface area contributed by atoms with E-state index in [1.807, 2.05) is 0 Å². The highest BCUT2D eigenvalue weighted by Gasteiger charge is 2.17. The van der Waals surface area contributed by atoms with Crippen LogP contribution in [0, 0.1) is 0 Å². The average Bonchev–Trinajstić information content (AvgIpc) is 2.59. The number of nitrogens with one attached hydrogen (secondary N) is 2. The first-order valence-electron chi connectivity index (χ1n) is 7.99. The summed E-state index contributed by atoms with van der Waals surface area (Å²) in [7, 11) is 1.51. The molecular formula is C19H21N3O4. The van der Waals surface area contributed by atoms with Crippen LogP contribution in [0.1, 0.15) is 13.8 Å². The van der Waals surface area contributed by atoms with Crippen LogP contribution in [0.3, 0.4) is 0 Å². The Morgan fingerprint density at radius 1 is 1.00 bits per heavy atom. The molecule has 0 fully saturated rings. The highest BCUT2D eigenvalue weighted by atomic mass is 16.5. The van der Waals surface area contributed by atoms with Crippen LogP contribution >= 0.6 is 0 Å². The molecular weight excluding hydrogens is 334 g/mol. The van der Waals surface area contributed by atoms with Crippen molar-refractivity contribution in [1.29, 1.82) is 0 Å². The SMILES string of the molecule is COc1ccccc1NC(=O)CN(C(C)=O)c1cccc(NC(C)=O)c1. The molecule has 26 heavy (non-hydrogen) atoms. The van der Waals surface area contributed by atoms with Gasteiger partial charge in [0.05, 0.1) is 12.8 Å². The van der Waals surface area contributed by atoms with E-state index in [4.69, 9.17) is 4.74 Å². The minimum atomic E-state index is -0.366. The molecule has 0 aliphatic carbocycles. The fourth-order valence-corrected chi connectivity index (χ4v) is 2.42. The minimum absolute atomic E-state index is 0.170. The predicted molar refractivity (Wildman–Crippen MR) is 100 cm³/mol. The second-order valence-electron chi connectivity index (χ2n) is 5.59. The Bertz CT molecular complexity index is 820. The third-order valence-corrected chi connectivity index (χ3v) is 3.54. The summed E-state index contributed by atoms with van der Waals surface area (Å²) in [5.74, 6) is -0.344. The van der Waals surface area contributed by atoms with Gasteiger partial charge in [-0.2, -0.15) is 0 Å². The Morgan fingerprint density at radius 3 is 2.38 bits per heavy atom. The zero-order valence-electron chi connectivity index (χ0n) is 14.9. The number of para-hydroxylation sites is 2. The van der Waals surface area contributed by atoms with E-state index in [0.717, 1.165) is 0 Å². The first kappa shape index (κ1) is 19.0. The normalized spacial score (nSPS) is 9.96. The third-order valence-electron chi connectivity index (χ3n) is 3.54. The van der Waals surface area contributed by atoms with E-state index >= 15 is 0 Å². The molecule has 0 unspecified atom stereocenters. The molecule has 2 rings (SSSR count). The van der Waals surface area contributed by atoms with Gasteiger partial charge >= 0.3 is 0 Å². The van der Waals surface area contributed by atoms with E-state index in [2.05, 4.69) is 10.6 Å². The summed E-state index contributed by atoms with van der Waals surface area (Å²) in [6.07, 6.45) is 0. The lowest BCUT2D eigenvalue weighted by Gasteiger charge is -2.21. The van der Waals surface area contributed by atoms with Crippen molar-refractivity contribution in [2.75, 3.05) is 29.2 Å². The maximum absolute atomic E-state index is 12.4. The van der Waals surface area contributed by atoms with Crippen LogP contribution in [0.15, 0.2) is 48.5 Å². The summed E-state index contributed by atoms with van der Waals surface area (Å²) in [6.45, 7) is 2.61. The second-order valence-corrected chi connectivity index (χ2v) is 5.59. The van der Waals surface area contributed by atoms with E-state index < -0.39 is 0 Å². The number of benzene rings is 2. The van der Waals surface area contributed by atoms with Gasteiger partial charge in [0, 0.05) is 25.2 Å². The molecule has 2 aromatic rings. The van der Waals surface area contributed by atoms with Crippen LogP contribution in [0.2, 0.25) is 0 Å². The second kappa shape index (κ2) is 8.66. The number of nitrogens with zero attached hydrogens (tertiary/aromatic N) is 1. The van der Waals surface area contributed by atoms with Gasteiger partial charge in [-0.1, -0.05) is 18.2 Å². The van der Waals surface area contributed by atoms with Gasteiger partial charge < -0.3 is 20.3 Å². The lowest BCUT2D eigenvalue weighted by Crippen LogP contribution is -2.36. The van der Waals surface area contributed by atoms with E-state index in [-0.39, 0.29) is 24.3 Å². The van der Waals surface area contributed by atoms with Crippen molar-refractivity contribution in [2.24, 2.45) is 0 Å². The Hall–Kier alpha value is -3.35. The van der Waals surface area contributed by atoms with Gasteiger partial charge in [-0.15, -0.1) is 0 Å². The number of hydrogen-bond donors (Lipinski definition) is 2. The summed E-state index contributed by atoms with van der Waals surface area (Å²) in [5, 5.41) is 5.39. The Kier molecular flexibility index (Phi) is 6.32. The fourth-order valence-electron chi connectivity index (χ4n) is 2.42. The molecule has 0 aliphatic rings. The maximum Gasteiger partial charge on any atom is 0.244 e. The minimum Gasteiger partial charge on any atom is -0.495 e. The summed E-state index contributed by atoms with van der Waals surface area (Å²) < 4.78 is 5.20.